The zero-order valence-corrected chi connectivity index (χ0v) is 85.2. The van der Waals surface area contributed by atoms with Crippen LogP contribution in [0.2, 0.25) is 0 Å². The molecular formula is C110H149N5O24P2+2. The van der Waals surface area contributed by atoms with Gasteiger partial charge in [0.2, 0.25) is 0 Å². The highest BCUT2D eigenvalue weighted by molar-refractivity contribution is 7.48. The molecule has 31 heteroatoms. The number of fused-ring (bicyclic) bond motifs is 14. The van der Waals surface area contributed by atoms with Crippen molar-refractivity contribution in [1.29, 1.82) is 0 Å². The Bertz CT molecular complexity index is 5540. The molecule has 23 atom stereocenters. The lowest BCUT2D eigenvalue weighted by atomic mass is 9.46. The van der Waals surface area contributed by atoms with E-state index in [1.807, 2.05) is 71.3 Å². The monoisotopic (exact) mass is 1990 g/mol. The number of rotatable bonds is 42. The van der Waals surface area contributed by atoms with E-state index in [0.717, 1.165) is 127 Å². The number of hydrogen-bond acceptors (Lipinski definition) is 23. The number of imidazole rings is 1. The van der Waals surface area contributed by atoms with Gasteiger partial charge in [-0.2, -0.15) is 4.57 Å². The summed E-state index contributed by atoms with van der Waals surface area (Å²) >= 11 is 0. The van der Waals surface area contributed by atoms with Crippen LogP contribution in [0.25, 0.3) is 5.69 Å². The number of Topliss-reactive ketones (excluding diaryl/α,β-unsaturated/α-hetero) is 2. The highest BCUT2D eigenvalue weighted by Crippen LogP contribution is 2.72. The highest BCUT2D eigenvalue weighted by atomic mass is 31.2. The second kappa shape index (κ2) is 43.7. The number of aryl methyl sites for hydroxylation is 1. The molecule has 141 heavy (non-hydrogen) atoms. The quantitative estimate of drug-likeness (QED) is 0.00576. The molecule has 9 N–H and O–H groups in total. The first-order chi connectivity index (χ1) is 67.4. The predicted molar refractivity (Wildman–Crippen MR) is 525 cm³/mol. The SMILES string of the molecule is CC[N+](CC)(CC(=O)OCC(=O)[C@H]1[C@H]2O[C@H](C3CCCCC3)OC2C2C3CCC4=CC(=O)C=C[C@]4(C)C3C(OP(=O)(O)Oc3ccc(C(O)CNCCCCCCOCCCCc4ccccc4)cc3Cc3[nH]cc[n+]3-c3ccc(C(=O)OCC(=O)[C@H]4[C@@H]5O[C@H](C6CCCCC6)OC5C5C6CCC7=CC(=O)C=C[C@]7(C)C6C(O)C[C@@]54C)cc3)C[C@@]21C)Cc1cc(C(O)CNC(C)(C)C)ccc1OP(=O)(O)O. The lowest BCUT2D eigenvalue weighted by Gasteiger charge is -2.59. The van der Waals surface area contributed by atoms with E-state index < -0.39 is 153 Å². The number of β-amino-alcohol motifs (C(OH)–C–C–N with tert-alkyl or cyclic N) is 1. The van der Waals surface area contributed by atoms with Crippen LogP contribution in [0, 0.1) is 80.8 Å². The minimum Gasteiger partial charge on any atom is -0.454 e. The Balaban J connectivity index is 0.617. The second-order valence-corrected chi connectivity index (χ2v) is 47.1. The topological polar surface area (TPSA) is 394 Å². The average Bonchev–Trinajstić information content (AvgIpc) is 1.53. The van der Waals surface area contributed by atoms with Crippen molar-refractivity contribution >= 4 is 50.7 Å². The normalized spacial score (nSPS) is 31.6. The number of aliphatic hydroxyl groups is 3. The van der Waals surface area contributed by atoms with Crippen molar-refractivity contribution in [1.82, 2.24) is 15.6 Å². The van der Waals surface area contributed by atoms with Crippen LogP contribution in [-0.2, 0) is 90.2 Å². The van der Waals surface area contributed by atoms with Gasteiger partial charge in [0.05, 0.1) is 85.7 Å². The molecule has 4 aromatic carbocycles. The van der Waals surface area contributed by atoms with E-state index in [4.69, 9.17) is 46.7 Å². The number of nitrogens with one attached hydrogen (secondary N) is 3. The van der Waals surface area contributed by atoms with Gasteiger partial charge in [0.1, 0.15) is 36.1 Å². The first-order valence-electron chi connectivity index (χ1n) is 52.1. The summed E-state index contributed by atoms with van der Waals surface area (Å²) in [6.07, 6.45) is 25.7. The number of carbonyl (C=O) groups excluding carboxylic acids is 6. The molecule has 0 spiro atoms. The number of aliphatic hydroxyl groups excluding tert-OH is 3. The van der Waals surface area contributed by atoms with Crippen LogP contribution in [0.3, 0.4) is 0 Å². The molecule has 1 aromatic heterocycles. The highest BCUT2D eigenvalue weighted by Gasteiger charge is 2.74. The number of ether oxygens (including phenoxy) is 7. The maximum absolute atomic E-state index is 16.0. The Hall–Kier alpha value is -7.87. The van der Waals surface area contributed by atoms with E-state index in [2.05, 4.69) is 53.7 Å². The van der Waals surface area contributed by atoms with E-state index in [0.29, 0.717) is 92.1 Å². The molecule has 12 aliphatic rings. The molecule has 0 radical (unpaired) electrons. The number of phosphoric ester groups is 2. The summed E-state index contributed by atoms with van der Waals surface area (Å²) in [4.78, 5) is 123. The smallest absolute Gasteiger partial charge is 0.454 e. The Labute approximate surface area is 829 Å². The second-order valence-electron chi connectivity index (χ2n) is 44.6. The van der Waals surface area contributed by atoms with Gasteiger partial charge in [0, 0.05) is 77.5 Å². The number of allylic oxidation sites excluding steroid dienone is 8. The molecule has 17 rings (SSSR count). The summed E-state index contributed by atoms with van der Waals surface area (Å²) in [5.74, 6) is -5.47. The van der Waals surface area contributed by atoms with Crippen molar-refractivity contribution in [3.05, 3.63) is 190 Å². The zero-order valence-electron chi connectivity index (χ0n) is 83.4. The van der Waals surface area contributed by atoms with Crippen molar-refractivity contribution in [3.63, 3.8) is 0 Å². The average molecular weight is 1990 g/mol. The number of phosphoric acid groups is 2. The number of quaternary nitrogens is 1. The van der Waals surface area contributed by atoms with E-state index in [1.54, 1.807) is 79.2 Å². The number of aromatic nitrogens is 2. The summed E-state index contributed by atoms with van der Waals surface area (Å²) in [6, 6.07) is 26.7. The Kier molecular flexibility index (Phi) is 32.4. The third-order valence-electron chi connectivity index (χ3n) is 34.5. The Morgan fingerprint density at radius 2 is 1.15 bits per heavy atom. The van der Waals surface area contributed by atoms with Crippen LogP contribution < -0.4 is 24.2 Å². The van der Waals surface area contributed by atoms with Gasteiger partial charge >= 0.3 is 27.6 Å². The fraction of sp³-hybridized carbons (Fsp3) is 0.627. The van der Waals surface area contributed by atoms with Crippen molar-refractivity contribution < 1.29 is 124 Å². The van der Waals surface area contributed by atoms with Crippen LogP contribution in [0.1, 0.15) is 260 Å². The molecular weight excluding hydrogens is 1840 g/mol. The standard InChI is InChI=1S/C110H147N5O24P2/c1-10-115(11-2,64-75-56-73(85(120)63-113-106(3,4)5)37-45-89(75)137-140(125,126)127)65-92(123)131-66-86(121)98-102-100(134-105(136-102)71-32-21-16-22-33-71)96-82-43-39-77-59-80(117)47-49-108(77,7)94(82)90(61-110(96,98)9)139-141(128,129)138-88-44-36-72(84(119)62-111-50-24-12-13-25-53-130-54-26-23-29-68-27-17-14-18-28-68)55-74(88)57-91-112-51-52-114(91)78-40-34-69(35-41-78)103(124)132-67-87(122)97-101-99(133-104(135-101)70-30-19-15-20-31-70)95-81-42-38-76-58-79(116)46-48-107(76,6)93(81)83(118)60-109(95,97)8/h14,17-18,27-28,34-37,40-41,44-49,51-52,55-56,58-59,70-71,81-85,90,93-102,104-105,111,113,118-120H,10-13,15-16,19-26,29-33,38-39,42-43,50,53-54,57,60-67H2,1-9H3,(H2-,125,126,127,128,129)/p+2/t81?,82?,83?,84?,85?,90?,93?,94?,95?,96?,97-,98-,99?,100?,101-,102+,104+,105+,107-,108-,109-,110-/m0/s1. The number of carbonyl (C=O) groups is 6. The van der Waals surface area contributed by atoms with Crippen molar-refractivity contribution in [2.45, 2.75) is 290 Å². The number of hydrogen-bond donors (Lipinski definition) is 9. The minimum atomic E-state index is -5.35. The number of esters is 2. The van der Waals surface area contributed by atoms with Gasteiger partial charge in [0.25, 0.3) is 5.82 Å². The summed E-state index contributed by atoms with van der Waals surface area (Å²) in [5, 5.41) is 42.7. The molecule has 766 valence electrons. The van der Waals surface area contributed by atoms with Crippen LogP contribution in [0.15, 0.2) is 151 Å². The van der Waals surface area contributed by atoms with Crippen LogP contribution in [-0.4, -0.2) is 195 Å². The van der Waals surface area contributed by atoms with Crippen molar-refractivity contribution in [3.8, 4) is 17.2 Å². The Morgan fingerprint density at radius 3 is 1.74 bits per heavy atom. The molecule has 2 saturated heterocycles. The van der Waals surface area contributed by atoms with E-state index >= 15 is 14.2 Å². The summed E-state index contributed by atoms with van der Waals surface area (Å²) in [7, 11) is -10.4. The number of unbranched alkanes of at least 4 members (excludes halogenated alkanes) is 4. The molecule has 10 aliphatic carbocycles. The van der Waals surface area contributed by atoms with Gasteiger partial charge in [-0.15, -0.1) is 0 Å². The Morgan fingerprint density at radius 1 is 0.610 bits per heavy atom. The van der Waals surface area contributed by atoms with Gasteiger partial charge in [0.15, 0.2) is 55.5 Å². The summed E-state index contributed by atoms with van der Waals surface area (Å²) in [6.45, 7) is 19.4. The lowest BCUT2D eigenvalue weighted by molar-refractivity contribution is -0.931. The molecule has 3 heterocycles. The van der Waals surface area contributed by atoms with Crippen LogP contribution in [0.4, 0.5) is 0 Å². The molecule has 10 fully saturated rings. The number of aromatic amines is 1. The van der Waals surface area contributed by atoms with Crippen molar-refractivity contribution in [2.24, 2.45) is 80.8 Å². The van der Waals surface area contributed by atoms with E-state index in [9.17, 15) is 53.7 Å². The van der Waals surface area contributed by atoms with E-state index in [1.165, 1.54) is 23.8 Å². The van der Waals surface area contributed by atoms with Gasteiger partial charge in [-0.1, -0.05) is 145 Å². The minimum absolute atomic E-state index is 0.00550. The fourth-order valence-electron chi connectivity index (χ4n) is 27.6. The van der Waals surface area contributed by atoms with Crippen molar-refractivity contribution in [2.75, 3.05) is 65.7 Å². The number of benzene rings is 4. The third-order valence-corrected chi connectivity index (χ3v) is 35.9. The molecule has 13 unspecified atom stereocenters. The van der Waals surface area contributed by atoms with E-state index in [-0.39, 0.29) is 119 Å². The molecule has 5 aromatic rings. The molecule has 29 nitrogen and oxygen atoms in total. The van der Waals surface area contributed by atoms with Gasteiger partial charge < -0.3 is 72.6 Å². The first kappa shape index (κ1) is 105. The number of likely N-dealkylation sites (N-methyl/N-ethyl adjacent to an activating group) is 1. The van der Waals surface area contributed by atoms with Gasteiger partial charge in [-0.3, -0.25) is 38.4 Å². The number of H-pyrrole nitrogens is 1. The first-order valence-corrected chi connectivity index (χ1v) is 55.2. The molecule has 0 bridgehead atoms. The largest absolute Gasteiger partial charge is 0.527 e. The third kappa shape index (κ3) is 22.8. The fourth-order valence-corrected chi connectivity index (χ4v) is 29.0. The lowest BCUT2D eigenvalue weighted by Crippen LogP contribution is -2.58. The molecule has 0 amide bonds. The number of nitrogens with zero attached hydrogens (tertiary/aromatic N) is 2. The maximum Gasteiger partial charge on any atom is 0.527 e. The van der Waals surface area contributed by atoms with Gasteiger partial charge in [-0.05, 0) is 262 Å². The summed E-state index contributed by atoms with van der Waals surface area (Å²) < 4.78 is 95.4. The van der Waals surface area contributed by atoms with Gasteiger partial charge in [-0.25, -0.2) is 23.7 Å². The maximum atomic E-state index is 16.0. The zero-order chi connectivity index (χ0) is 99.7. The van der Waals surface area contributed by atoms with Crippen LogP contribution in [0.5, 0.6) is 11.5 Å². The molecule has 8 saturated carbocycles. The van der Waals surface area contributed by atoms with Crippen LogP contribution >= 0.6 is 15.6 Å². The summed E-state index contributed by atoms with van der Waals surface area (Å²) in [5.41, 5.74) is 1.88. The predicted octanol–water partition coefficient (Wildman–Crippen LogP) is 16.0. The molecule has 2 aliphatic heterocycles. The number of ketones is 4.